The average molecular weight is 291 g/mol. The number of rotatable bonds is 4. The molecule has 1 aromatic heterocycles. The standard InChI is InChI=1S/C10H15BrN2O3/c1-15-5-3-13-9(8(11)6-12-13)10(14)2-4-16-7-10/h6,14H,2-5,7H2,1H3. The van der Waals surface area contributed by atoms with Gasteiger partial charge >= 0.3 is 0 Å². The first-order valence-corrected chi connectivity index (χ1v) is 5.97. The highest BCUT2D eigenvalue weighted by Crippen LogP contribution is 2.34. The minimum Gasteiger partial charge on any atom is -0.383 e. The molecule has 1 saturated heterocycles. The molecule has 0 aliphatic carbocycles. The van der Waals surface area contributed by atoms with E-state index in [2.05, 4.69) is 21.0 Å². The molecule has 90 valence electrons. The zero-order chi connectivity index (χ0) is 11.6. The lowest BCUT2D eigenvalue weighted by Gasteiger charge is -2.22. The molecule has 1 aliphatic rings. The van der Waals surface area contributed by atoms with Gasteiger partial charge in [-0.25, -0.2) is 0 Å². The monoisotopic (exact) mass is 290 g/mol. The van der Waals surface area contributed by atoms with Crippen molar-refractivity contribution in [3.05, 3.63) is 16.4 Å². The number of nitrogens with zero attached hydrogens (tertiary/aromatic N) is 2. The van der Waals surface area contributed by atoms with E-state index in [-0.39, 0.29) is 0 Å². The molecule has 2 heterocycles. The Bertz CT molecular complexity index is 361. The fourth-order valence-corrected chi connectivity index (χ4v) is 2.58. The lowest BCUT2D eigenvalue weighted by Crippen LogP contribution is -2.30. The first-order valence-electron chi connectivity index (χ1n) is 5.18. The number of hydrogen-bond acceptors (Lipinski definition) is 4. The van der Waals surface area contributed by atoms with Gasteiger partial charge in [0.15, 0.2) is 0 Å². The van der Waals surface area contributed by atoms with Gasteiger partial charge in [-0.05, 0) is 15.9 Å². The highest BCUT2D eigenvalue weighted by Gasteiger charge is 2.39. The second-order valence-corrected chi connectivity index (χ2v) is 4.75. The van der Waals surface area contributed by atoms with Crippen molar-refractivity contribution in [1.82, 2.24) is 9.78 Å². The third-order valence-electron chi connectivity index (χ3n) is 2.74. The van der Waals surface area contributed by atoms with Gasteiger partial charge in [0.1, 0.15) is 5.60 Å². The molecule has 0 amide bonds. The summed E-state index contributed by atoms with van der Waals surface area (Å²) in [6.07, 6.45) is 2.30. The zero-order valence-corrected chi connectivity index (χ0v) is 10.7. The van der Waals surface area contributed by atoms with E-state index in [1.54, 1.807) is 18.0 Å². The van der Waals surface area contributed by atoms with E-state index in [4.69, 9.17) is 9.47 Å². The number of aliphatic hydroxyl groups is 1. The summed E-state index contributed by atoms with van der Waals surface area (Å²) in [5, 5.41) is 14.7. The van der Waals surface area contributed by atoms with Gasteiger partial charge in [0, 0.05) is 20.1 Å². The predicted molar refractivity (Wildman–Crippen MR) is 61.1 cm³/mol. The fraction of sp³-hybridized carbons (Fsp3) is 0.700. The Hall–Kier alpha value is -0.430. The van der Waals surface area contributed by atoms with Gasteiger partial charge in [-0.15, -0.1) is 0 Å². The van der Waals surface area contributed by atoms with E-state index in [9.17, 15) is 5.11 Å². The summed E-state index contributed by atoms with van der Waals surface area (Å²) < 4.78 is 12.9. The molecule has 5 nitrogen and oxygen atoms in total. The maximum Gasteiger partial charge on any atom is 0.133 e. The van der Waals surface area contributed by atoms with Crippen LogP contribution in [0, 0.1) is 0 Å². The second kappa shape index (κ2) is 4.83. The van der Waals surface area contributed by atoms with Gasteiger partial charge in [0.2, 0.25) is 0 Å². The number of aromatic nitrogens is 2. The Balaban J connectivity index is 2.27. The van der Waals surface area contributed by atoms with Crippen LogP contribution in [-0.4, -0.2) is 41.8 Å². The molecular weight excluding hydrogens is 276 g/mol. The minimum absolute atomic E-state index is 0.324. The number of halogens is 1. The van der Waals surface area contributed by atoms with Gasteiger partial charge in [-0.1, -0.05) is 0 Å². The highest BCUT2D eigenvalue weighted by molar-refractivity contribution is 9.10. The minimum atomic E-state index is -0.928. The van der Waals surface area contributed by atoms with Gasteiger partial charge in [0.05, 0.1) is 36.1 Å². The molecule has 0 radical (unpaired) electrons. The summed E-state index contributed by atoms with van der Waals surface area (Å²) in [6.45, 7) is 2.10. The van der Waals surface area contributed by atoms with Crippen molar-refractivity contribution in [3.8, 4) is 0 Å². The Labute approximate surface area is 102 Å². The number of hydrogen-bond donors (Lipinski definition) is 1. The summed E-state index contributed by atoms with van der Waals surface area (Å²) in [6, 6.07) is 0. The van der Waals surface area contributed by atoms with Crippen LogP contribution >= 0.6 is 15.9 Å². The summed E-state index contributed by atoms with van der Waals surface area (Å²) in [4.78, 5) is 0. The van der Waals surface area contributed by atoms with Crippen LogP contribution in [0.25, 0.3) is 0 Å². The van der Waals surface area contributed by atoms with Crippen molar-refractivity contribution < 1.29 is 14.6 Å². The van der Waals surface area contributed by atoms with E-state index in [1.807, 2.05) is 0 Å². The third kappa shape index (κ3) is 2.15. The van der Waals surface area contributed by atoms with Gasteiger partial charge < -0.3 is 14.6 Å². The van der Waals surface area contributed by atoms with Gasteiger partial charge in [-0.2, -0.15) is 5.10 Å². The summed E-state index contributed by atoms with van der Waals surface area (Å²) in [5.41, 5.74) is -0.148. The van der Waals surface area contributed by atoms with E-state index in [0.29, 0.717) is 32.8 Å². The predicted octanol–water partition coefficient (Wildman–Crippen LogP) is 0.900. The molecule has 1 atom stereocenters. The Morgan fingerprint density at radius 3 is 3.19 bits per heavy atom. The summed E-state index contributed by atoms with van der Waals surface area (Å²) in [7, 11) is 1.64. The first kappa shape index (κ1) is 12.0. The van der Waals surface area contributed by atoms with E-state index in [0.717, 1.165) is 10.2 Å². The van der Waals surface area contributed by atoms with Crippen LogP contribution in [-0.2, 0) is 21.6 Å². The van der Waals surface area contributed by atoms with Crippen LogP contribution in [0.4, 0.5) is 0 Å². The molecule has 1 aromatic rings. The van der Waals surface area contributed by atoms with Crippen molar-refractivity contribution in [2.75, 3.05) is 26.9 Å². The van der Waals surface area contributed by atoms with Crippen LogP contribution < -0.4 is 0 Å². The molecule has 6 heteroatoms. The SMILES string of the molecule is COCCn1ncc(Br)c1C1(O)CCOC1. The second-order valence-electron chi connectivity index (χ2n) is 3.89. The van der Waals surface area contributed by atoms with Gasteiger partial charge in [-0.3, -0.25) is 4.68 Å². The smallest absolute Gasteiger partial charge is 0.133 e. The topological polar surface area (TPSA) is 56.5 Å². The Morgan fingerprint density at radius 1 is 1.75 bits per heavy atom. The Morgan fingerprint density at radius 2 is 2.56 bits per heavy atom. The molecule has 2 rings (SSSR count). The number of ether oxygens (including phenoxy) is 2. The molecule has 0 saturated carbocycles. The van der Waals surface area contributed by atoms with Crippen molar-refractivity contribution in [1.29, 1.82) is 0 Å². The van der Waals surface area contributed by atoms with Crippen molar-refractivity contribution in [3.63, 3.8) is 0 Å². The number of methoxy groups -OCH3 is 1. The quantitative estimate of drug-likeness (QED) is 0.895. The highest BCUT2D eigenvalue weighted by atomic mass is 79.9. The summed E-state index contributed by atoms with van der Waals surface area (Å²) >= 11 is 3.41. The molecule has 0 bridgehead atoms. The summed E-state index contributed by atoms with van der Waals surface area (Å²) in [5.74, 6) is 0. The largest absolute Gasteiger partial charge is 0.383 e. The third-order valence-corrected chi connectivity index (χ3v) is 3.32. The lowest BCUT2D eigenvalue weighted by molar-refractivity contribution is 0.0136. The lowest BCUT2D eigenvalue weighted by atomic mass is 9.99. The molecule has 1 N–H and O–H groups in total. The molecule has 1 fully saturated rings. The average Bonchev–Trinajstić information content (AvgIpc) is 2.83. The molecule has 0 aromatic carbocycles. The molecule has 16 heavy (non-hydrogen) atoms. The van der Waals surface area contributed by atoms with Crippen LogP contribution in [0.15, 0.2) is 10.7 Å². The van der Waals surface area contributed by atoms with Crippen LogP contribution in [0.3, 0.4) is 0 Å². The molecule has 1 unspecified atom stereocenters. The fourth-order valence-electron chi connectivity index (χ4n) is 1.91. The normalized spacial score (nSPS) is 25.2. The van der Waals surface area contributed by atoms with Crippen molar-refractivity contribution >= 4 is 15.9 Å². The van der Waals surface area contributed by atoms with Gasteiger partial charge in [0.25, 0.3) is 0 Å². The van der Waals surface area contributed by atoms with Crippen LogP contribution in [0.2, 0.25) is 0 Å². The molecular formula is C10H15BrN2O3. The zero-order valence-electron chi connectivity index (χ0n) is 9.15. The maximum atomic E-state index is 10.5. The van der Waals surface area contributed by atoms with Crippen LogP contribution in [0.5, 0.6) is 0 Å². The van der Waals surface area contributed by atoms with E-state index >= 15 is 0 Å². The molecule has 0 spiro atoms. The molecule has 1 aliphatic heterocycles. The van der Waals surface area contributed by atoms with Crippen molar-refractivity contribution in [2.24, 2.45) is 0 Å². The van der Waals surface area contributed by atoms with Crippen molar-refractivity contribution in [2.45, 2.75) is 18.6 Å². The first-order chi connectivity index (χ1) is 7.67. The Kier molecular flexibility index (Phi) is 3.63. The van der Waals surface area contributed by atoms with Crippen LogP contribution in [0.1, 0.15) is 12.1 Å². The van der Waals surface area contributed by atoms with E-state index in [1.165, 1.54) is 0 Å². The van der Waals surface area contributed by atoms with E-state index < -0.39 is 5.60 Å². The maximum absolute atomic E-state index is 10.5.